The summed E-state index contributed by atoms with van der Waals surface area (Å²) in [5.41, 5.74) is 0.988. The van der Waals surface area contributed by atoms with Gasteiger partial charge in [0, 0.05) is 38.6 Å². The number of piperazine rings is 1. The van der Waals surface area contributed by atoms with E-state index in [2.05, 4.69) is 10.2 Å². The molecule has 9 heteroatoms. The number of sulfone groups is 1. The van der Waals surface area contributed by atoms with Crippen molar-refractivity contribution in [1.82, 2.24) is 15.1 Å². The molecule has 3 heterocycles. The van der Waals surface area contributed by atoms with Gasteiger partial charge in [0.2, 0.25) is 5.91 Å². The first kappa shape index (κ1) is 22.0. The molecule has 4 rings (SSSR count). The molecular weight excluding hydrogens is 434 g/mol. The molecule has 2 amide bonds. The van der Waals surface area contributed by atoms with Gasteiger partial charge in [-0.3, -0.25) is 14.5 Å². The average Bonchev–Trinajstić information content (AvgIpc) is 3.43. The van der Waals surface area contributed by atoms with Crippen molar-refractivity contribution < 1.29 is 18.0 Å². The van der Waals surface area contributed by atoms with Crippen LogP contribution in [0.1, 0.15) is 21.7 Å². The summed E-state index contributed by atoms with van der Waals surface area (Å²) in [7, 11) is -2.93. The lowest BCUT2D eigenvalue weighted by atomic mass is 10.0. The van der Waals surface area contributed by atoms with Gasteiger partial charge >= 0.3 is 0 Å². The van der Waals surface area contributed by atoms with Crippen LogP contribution in [0, 0.1) is 0 Å². The summed E-state index contributed by atoms with van der Waals surface area (Å²) >= 11 is 1.35. The fraction of sp³-hybridized carbons (Fsp3) is 0.455. The number of hydrogen-bond acceptors (Lipinski definition) is 6. The van der Waals surface area contributed by atoms with Crippen LogP contribution in [0.3, 0.4) is 0 Å². The normalized spacial score (nSPS) is 22.2. The summed E-state index contributed by atoms with van der Waals surface area (Å²) < 4.78 is 23.6. The van der Waals surface area contributed by atoms with E-state index in [0.29, 0.717) is 43.9 Å². The third-order valence-electron chi connectivity index (χ3n) is 5.98. The average molecular weight is 462 g/mol. The summed E-state index contributed by atoms with van der Waals surface area (Å²) in [6.45, 7) is 2.39. The zero-order valence-corrected chi connectivity index (χ0v) is 18.9. The van der Waals surface area contributed by atoms with Gasteiger partial charge in [0.1, 0.15) is 6.04 Å². The highest BCUT2D eigenvalue weighted by Gasteiger charge is 2.35. The first-order valence-corrected chi connectivity index (χ1v) is 13.2. The fourth-order valence-corrected chi connectivity index (χ4v) is 6.67. The Morgan fingerprint density at radius 3 is 2.42 bits per heavy atom. The summed E-state index contributed by atoms with van der Waals surface area (Å²) in [4.78, 5) is 30.5. The first-order valence-electron chi connectivity index (χ1n) is 10.5. The molecule has 0 bridgehead atoms. The molecule has 1 aromatic heterocycles. The largest absolute Gasteiger partial charge is 0.339 e. The zero-order chi connectivity index (χ0) is 21.8. The van der Waals surface area contributed by atoms with E-state index in [0.717, 1.165) is 5.56 Å². The lowest BCUT2D eigenvalue weighted by Crippen LogP contribution is -2.57. The molecule has 2 aliphatic rings. The quantitative estimate of drug-likeness (QED) is 0.703. The molecule has 2 fully saturated rings. The van der Waals surface area contributed by atoms with Gasteiger partial charge in [0.25, 0.3) is 5.91 Å². The van der Waals surface area contributed by atoms with Crippen LogP contribution in [0.25, 0.3) is 0 Å². The van der Waals surface area contributed by atoms with Gasteiger partial charge in [-0.15, -0.1) is 11.3 Å². The molecule has 166 valence electrons. The van der Waals surface area contributed by atoms with Crippen molar-refractivity contribution in [2.45, 2.75) is 24.9 Å². The second-order valence-electron chi connectivity index (χ2n) is 8.11. The van der Waals surface area contributed by atoms with Crippen molar-refractivity contribution in [1.29, 1.82) is 0 Å². The van der Waals surface area contributed by atoms with Crippen molar-refractivity contribution in [2.24, 2.45) is 0 Å². The Morgan fingerprint density at radius 1 is 1.06 bits per heavy atom. The van der Waals surface area contributed by atoms with E-state index in [9.17, 15) is 18.0 Å². The van der Waals surface area contributed by atoms with Gasteiger partial charge in [-0.1, -0.05) is 36.4 Å². The topological polar surface area (TPSA) is 86.8 Å². The van der Waals surface area contributed by atoms with E-state index in [-0.39, 0.29) is 29.4 Å². The Morgan fingerprint density at radius 2 is 1.81 bits per heavy atom. The number of benzene rings is 1. The van der Waals surface area contributed by atoms with E-state index < -0.39 is 15.9 Å². The van der Waals surface area contributed by atoms with Crippen molar-refractivity contribution in [3.05, 3.63) is 58.3 Å². The van der Waals surface area contributed by atoms with Gasteiger partial charge < -0.3 is 10.2 Å². The molecule has 0 saturated carbocycles. The predicted molar refractivity (Wildman–Crippen MR) is 121 cm³/mol. The van der Waals surface area contributed by atoms with Crippen molar-refractivity contribution in [3.63, 3.8) is 0 Å². The number of amides is 2. The number of hydrogen-bond donors (Lipinski definition) is 1. The number of rotatable bonds is 6. The molecule has 0 spiro atoms. The maximum Gasteiger partial charge on any atom is 0.262 e. The van der Waals surface area contributed by atoms with Crippen LogP contribution in [-0.4, -0.2) is 79.8 Å². The first-order chi connectivity index (χ1) is 14.9. The van der Waals surface area contributed by atoms with Crippen LogP contribution in [0.5, 0.6) is 0 Å². The van der Waals surface area contributed by atoms with Gasteiger partial charge in [-0.05, 0) is 23.4 Å². The Kier molecular flexibility index (Phi) is 6.74. The standard InChI is InChI=1S/C22H27N3O4S2/c26-21(20-7-4-13-30-20)23-19(15-17-5-2-1-3-6-17)22(27)25-11-9-24(10-12-25)18-8-14-31(28,29)16-18/h1-7,13,18-19H,8-12,14-16H2,(H,23,26). The van der Waals surface area contributed by atoms with Crippen LogP contribution in [0.15, 0.2) is 47.8 Å². The summed E-state index contributed by atoms with van der Waals surface area (Å²) in [6.07, 6.45) is 1.10. The molecule has 2 saturated heterocycles. The van der Waals surface area contributed by atoms with Gasteiger partial charge in [-0.25, -0.2) is 8.42 Å². The smallest absolute Gasteiger partial charge is 0.262 e. The van der Waals surface area contributed by atoms with Crippen molar-refractivity contribution in [3.8, 4) is 0 Å². The lowest BCUT2D eigenvalue weighted by Gasteiger charge is -2.39. The fourth-order valence-electron chi connectivity index (χ4n) is 4.28. The number of nitrogens with zero attached hydrogens (tertiary/aromatic N) is 2. The number of thiophene rings is 1. The molecule has 0 aliphatic carbocycles. The Hall–Kier alpha value is -2.23. The molecule has 2 unspecified atom stereocenters. The van der Waals surface area contributed by atoms with Crippen molar-refractivity contribution in [2.75, 3.05) is 37.7 Å². The maximum atomic E-state index is 13.3. The third kappa shape index (κ3) is 5.53. The second-order valence-corrected chi connectivity index (χ2v) is 11.3. The van der Waals surface area contributed by atoms with Crippen LogP contribution < -0.4 is 5.32 Å². The summed E-state index contributed by atoms with van der Waals surface area (Å²) in [5.74, 6) is 0.144. The van der Waals surface area contributed by atoms with Crippen LogP contribution in [-0.2, 0) is 21.1 Å². The third-order valence-corrected chi connectivity index (χ3v) is 8.60. The number of nitrogens with one attached hydrogen (secondary N) is 1. The van der Waals surface area contributed by atoms with Crippen LogP contribution in [0.4, 0.5) is 0 Å². The molecule has 2 atom stereocenters. The summed E-state index contributed by atoms with van der Waals surface area (Å²) in [6, 6.07) is 12.7. The second kappa shape index (κ2) is 9.50. The molecule has 31 heavy (non-hydrogen) atoms. The molecule has 7 nitrogen and oxygen atoms in total. The van der Waals surface area contributed by atoms with Crippen LogP contribution in [0.2, 0.25) is 0 Å². The highest BCUT2D eigenvalue weighted by molar-refractivity contribution is 7.91. The van der Waals surface area contributed by atoms with E-state index in [4.69, 9.17) is 0 Å². The minimum Gasteiger partial charge on any atom is -0.339 e. The Bertz CT molecular complexity index is 1000. The predicted octanol–water partition coefficient (Wildman–Crippen LogP) is 1.42. The van der Waals surface area contributed by atoms with Gasteiger partial charge in [-0.2, -0.15) is 0 Å². The van der Waals surface area contributed by atoms with Gasteiger partial charge in [0.15, 0.2) is 9.84 Å². The SMILES string of the molecule is O=C(NC(Cc1ccccc1)C(=O)N1CCN(C2CCS(=O)(=O)C2)CC1)c1cccs1. The van der Waals surface area contributed by atoms with E-state index in [1.54, 1.807) is 11.0 Å². The molecule has 2 aliphatic heterocycles. The van der Waals surface area contributed by atoms with E-state index in [1.807, 2.05) is 41.8 Å². The minimum atomic E-state index is -2.93. The van der Waals surface area contributed by atoms with Crippen LogP contribution >= 0.6 is 11.3 Å². The number of carbonyl (C=O) groups is 2. The molecule has 2 aromatic rings. The van der Waals surface area contributed by atoms with Gasteiger partial charge in [0.05, 0.1) is 16.4 Å². The molecular formula is C22H27N3O4S2. The monoisotopic (exact) mass is 461 g/mol. The van der Waals surface area contributed by atoms with E-state index >= 15 is 0 Å². The maximum absolute atomic E-state index is 13.3. The zero-order valence-electron chi connectivity index (χ0n) is 17.3. The lowest BCUT2D eigenvalue weighted by molar-refractivity contribution is -0.135. The van der Waals surface area contributed by atoms with E-state index in [1.165, 1.54) is 11.3 Å². The molecule has 1 N–H and O–H groups in total. The number of carbonyl (C=O) groups excluding carboxylic acids is 2. The molecule has 0 radical (unpaired) electrons. The minimum absolute atomic E-state index is 0.0564. The Balaban J connectivity index is 1.41. The summed E-state index contributed by atoms with van der Waals surface area (Å²) in [5, 5.41) is 4.77. The molecule has 1 aromatic carbocycles. The Labute approximate surface area is 187 Å². The highest BCUT2D eigenvalue weighted by Crippen LogP contribution is 2.20. The van der Waals surface area contributed by atoms with Crippen molar-refractivity contribution >= 4 is 33.0 Å². The highest BCUT2D eigenvalue weighted by atomic mass is 32.2.